The van der Waals surface area contributed by atoms with Crippen LogP contribution in [-0.4, -0.2) is 46.6 Å². The van der Waals surface area contributed by atoms with Gasteiger partial charge in [-0.15, -0.1) is 0 Å². The van der Waals surface area contributed by atoms with E-state index in [-0.39, 0.29) is 23.4 Å². The molecule has 0 aromatic heterocycles. The van der Waals surface area contributed by atoms with Crippen LogP contribution < -0.4 is 5.32 Å². The molecule has 122 valence electrons. The molecule has 0 aliphatic carbocycles. The van der Waals surface area contributed by atoms with Gasteiger partial charge in [0.25, 0.3) is 0 Å². The third kappa shape index (κ3) is 4.70. The summed E-state index contributed by atoms with van der Waals surface area (Å²) in [5.74, 6) is -0.675. The molecule has 2 N–H and O–H groups in total. The van der Waals surface area contributed by atoms with Crippen molar-refractivity contribution in [2.24, 2.45) is 11.3 Å². The van der Waals surface area contributed by atoms with E-state index in [4.69, 9.17) is 0 Å². The number of carbonyl (C=O) groups excluding carboxylic acids is 1. The quantitative estimate of drug-likeness (QED) is 0.834. The van der Waals surface area contributed by atoms with Crippen molar-refractivity contribution in [3.8, 4) is 0 Å². The minimum absolute atomic E-state index is 0.0104. The fourth-order valence-corrected chi connectivity index (χ4v) is 2.76. The molecule has 5 nitrogen and oxygen atoms in total. The van der Waals surface area contributed by atoms with Gasteiger partial charge in [0.1, 0.15) is 0 Å². The summed E-state index contributed by atoms with van der Waals surface area (Å²) < 4.78 is 0. The Balaban J connectivity index is 2.72. The number of hydrogen-bond donors (Lipinski definition) is 2. The highest BCUT2D eigenvalue weighted by Gasteiger charge is 2.40. The molecule has 1 amide bonds. The molecule has 0 aromatic rings. The van der Waals surface area contributed by atoms with Crippen molar-refractivity contribution in [2.45, 2.75) is 66.0 Å². The first-order valence-corrected chi connectivity index (χ1v) is 7.74. The molecule has 1 heterocycles. The second kappa shape index (κ2) is 6.34. The Morgan fingerprint density at radius 2 is 1.81 bits per heavy atom. The number of nitrogens with one attached hydrogen (secondary N) is 1. The first kappa shape index (κ1) is 18.0. The zero-order valence-corrected chi connectivity index (χ0v) is 14.2. The van der Waals surface area contributed by atoms with E-state index in [9.17, 15) is 14.7 Å². The summed E-state index contributed by atoms with van der Waals surface area (Å²) in [6, 6.07) is -0.225. The molecule has 21 heavy (non-hydrogen) atoms. The van der Waals surface area contributed by atoms with Gasteiger partial charge in [0.2, 0.25) is 5.91 Å². The van der Waals surface area contributed by atoms with Crippen LogP contribution in [0.4, 0.5) is 0 Å². The van der Waals surface area contributed by atoms with Crippen LogP contribution >= 0.6 is 0 Å². The first-order valence-electron chi connectivity index (χ1n) is 7.74. The molecule has 1 fully saturated rings. The number of carbonyl (C=O) groups is 2. The van der Waals surface area contributed by atoms with Gasteiger partial charge in [0.05, 0.1) is 11.5 Å². The number of rotatable bonds is 4. The molecule has 0 bridgehead atoms. The van der Waals surface area contributed by atoms with Crippen LogP contribution in [0.5, 0.6) is 0 Å². The second-order valence-electron chi connectivity index (χ2n) is 7.78. The zero-order valence-electron chi connectivity index (χ0n) is 14.2. The zero-order chi connectivity index (χ0) is 16.4. The summed E-state index contributed by atoms with van der Waals surface area (Å²) in [6.07, 6.45) is 1.85. The van der Waals surface area contributed by atoms with Gasteiger partial charge in [0, 0.05) is 12.1 Å². The Morgan fingerprint density at radius 1 is 1.24 bits per heavy atom. The lowest BCUT2D eigenvalue weighted by molar-refractivity contribution is -0.151. The first-order chi connectivity index (χ1) is 9.45. The van der Waals surface area contributed by atoms with Gasteiger partial charge in [-0.25, -0.2) is 0 Å². The SMILES string of the molecule is CC(C(=O)NC(C)(C)C)N1CCCC(C(C)(C)C(=O)O)C1. The number of aliphatic carboxylic acids is 1. The van der Waals surface area contributed by atoms with Crippen molar-refractivity contribution in [2.75, 3.05) is 13.1 Å². The highest BCUT2D eigenvalue weighted by atomic mass is 16.4. The van der Waals surface area contributed by atoms with E-state index in [0.717, 1.165) is 19.4 Å². The van der Waals surface area contributed by atoms with Gasteiger partial charge in [-0.3, -0.25) is 14.5 Å². The number of hydrogen-bond acceptors (Lipinski definition) is 3. The average molecular weight is 298 g/mol. The highest BCUT2D eigenvalue weighted by Crippen LogP contribution is 2.34. The fourth-order valence-electron chi connectivity index (χ4n) is 2.76. The van der Waals surface area contributed by atoms with E-state index in [0.29, 0.717) is 6.54 Å². The Bertz CT molecular complexity index is 399. The Hall–Kier alpha value is -1.10. The van der Waals surface area contributed by atoms with Gasteiger partial charge in [-0.1, -0.05) is 0 Å². The van der Waals surface area contributed by atoms with Crippen LogP contribution in [0.15, 0.2) is 0 Å². The molecule has 1 rings (SSSR count). The predicted octanol–water partition coefficient (Wildman–Crippen LogP) is 2.11. The van der Waals surface area contributed by atoms with Crippen molar-refractivity contribution >= 4 is 11.9 Å². The number of piperidine rings is 1. The normalized spacial score (nSPS) is 22.7. The summed E-state index contributed by atoms with van der Waals surface area (Å²) in [5, 5.41) is 12.4. The molecule has 1 aliphatic heterocycles. The smallest absolute Gasteiger partial charge is 0.309 e. The van der Waals surface area contributed by atoms with E-state index in [1.54, 1.807) is 13.8 Å². The lowest BCUT2D eigenvalue weighted by Crippen LogP contribution is -2.54. The molecule has 0 spiro atoms. The number of likely N-dealkylation sites (tertiary alicyclic amines) is 1. The van der Waals surface area contributed by atoms with Crippen LogP contribution in [-0.2, 0) is 9.59 Å². The summed E-state index contributed by atoms with van der Waals surface area (Å²) in [6.45, 7) is 12.9. The molecule has 2 unspecified atom stereocenters. The maximum atomic E-state index is 12.3. The summed E-state index contributed by atoms with van der Waals surface area (Å²) >= 11 is 0. The third-order valence-electron chi connectivity index (χ3n) is 4.45. The van der Waals surface area contributed by atoms with Gasteiger partial charge in [0.15, 0.2) is 0 Å². The van der Waals surface area contributed by atoms with Crippen LogP contribution in [0, 0.1) is 11.3 Å². The maximum absolute atomic E-state index is 12.3. The fraction of sp³-hybridized carbons (Fsp3) is 0.875. The van der Waals surface area contributed by atoms with Crippen LogP contribution in [0.1, 0.15) is 54.4 Å². The Kier molecular flexibility index (Phi) is 5.42. The molecular formula is C16H30N2O3. The van der Waals surface area contributed by atoms with Crippen molar-refractivity contribution in [3.05, 3.63) is 0 Å². The Morgan fingerprint density at radius 3 is 2.29 bits per heavy atom. The van der Waals surface area contributed by atoms with Gasteiger partial charge in [-0.2, -0.15) is 0 Å². The van der Waals surface area contributed by atoms with Crippen molar-refractivity contribution in [1.82, 2.24) is 10.2 Å². The minimum Gasteiger partial charge on any atom is -0.481 e. The molecule has 1 saturated heterocycles. The van der Waals surface area contributed by atoms with E-state index < -0.39 is 11.4 Å². The maximum Gasteiger partial charge on any atom is 0.309 e. The number of amides is 1. The molecule has 5 heteroatoms. The van der Waals surface area contributed by atoms with Crippen molar-refractivity contribution < 1.29 is 14.7 Å². The van der Waals surface area contributed by atoms with Crippen LogP contribution in [0.25, 0.3) is 0 Å². The van der Waals surface area contributed by atoms with E-state index in [1.165, 1.54) is 0 Å². The second-order valence-corrected chi connectivity index (χ2v) is 7.78. The summed E-state index contributed by atoms with van der Waals surface area (Å²) in [5.41, 5.74) is -1.00. The monoisotopic (exact) mass is 298 g/mol. The molecule has 0 saturated carbocycles. The standard InChI is InChI=1S/C16H30N2O3/c1-11(13(19)17-15(2,3)4)18-9-7-8-12(10-18)16(5,6)14(20)21/h11-12H,7-10H2,1-6H3,(H,17,19)(H,20,21). The topological polar surface area (TPSA) is 69.6 Å². The minimum atomic E-state index is -0.763. The van der Waals surface area contributed by atoms with Crippen LogP contribution in [0.2, 0.25) is 0 Å². The molecule has 1 aliphatic rings. The molecular weight excluding hydrogens is 268 g/mol. The number of carboxylic acids is 1. The lowest BCUT2D eigenvalue weighted by atomic mass is 9.74. The van der Waals surface area contributed by atoms with E-state index >= 15 is 0 Å². The molecule has 0 aromatic carbocycles. The molecule has 2 atom stereocenters. The Labute approximate surface area is 128 Å². The van der Waals surface area contributed by atoms with E-state index in [2.05, 4.69) is 10.2 Å². The van der Waals surface area contributed by atoms with Gasteiger partial charge >= 0.3 is 5.97 Å². The number of carboxylic acid groups (broad SMARTS) is 1. The van der Waals surface area contributed by atoms with Crippen molar-refractivity contribution in [1.29, 1.82) is 0 Å². The summed E-state index contributed by atoms with van der Waals surface area (Å²) in [4.78, 5) is 25.8. The number of nitrogens with zero attached hydrogens (tertiary/aromatic N) is 1. The predicted molar refractivity (Wildman–Crippen MR) is 83.1 cm³/mol. The highest BCUT2D eigenvalue weighted by molar-refractivity contribution is 5.82. The average Bonchev–Trinajstić information content (AvgIpc) is 2.35. The summed E-state index contributed by atoms with van der Waals surface area (Å²) in [7, 11) is 0. The van der Waals surface area contributed by atoms with Gasteiger partial charge in [-0.05, 0) is 66.8 Å². The third-order valence-corrected chi connectivity index (χ3v) is 4.45. The largest absolute Gasteiger partial charge is 0.481 e. The van der Waals surface area contributed by atoms with Gasteiger partial charge < -0.3 is 10.4 Å². The van der Waals surface area contributed by atoms with Crippen molar-refractivity contribution in [3.63, 3.8) is 0 Å². The molecule has 0 radical (unpaired) electrons. The van der Waals surface area contributed by atoms with E-state index in [1.807, 2.05) is 27.7 Å². The lowest BCUT2D eigenvalue weighted by Gasteiger charge is -2.41. The van der Waals surface area contributed by atoms with Crippen LogP contribution in [0.3, 0.4) is 0 Å².